The van der Waals surface area contributed by atoms with Crippen LogP contribution in [0.3, 0.4) is 0 Å². The molecule has 0 bridgehead atoms. The fraction of sp³-hybridized carbons (Fsp3) is 0.300. The summed E-state index contributed by atoms with van der Waals surface area (Å²) in [5.41, 5.74) is 1.01. The van der Waals surface area contributed by atoms with Gasteiger partial charge in [0, 0.05) is 4.88 Å². The van der Waals surface area contributed by atoms with Crippen molar-refractivity contribution in [3.63, 3.8) is 0 Å². The van der Waals surface area contributed by atoms with Crippen LogP contribution in [0.1, 0.15) is 4.88 Å². The molecule has 2 heterocycles. The molecule has 0 aliphatic heterocycles. The van der Waals surface area contributed by atoms with Crippen molar-refractivity contribution in [2.24, 2.45) is 0 Å². The zero-order chi connectivity index (χ0) is 9.97. The number of halogens is 1. The van der Waals surface area contributed by atoms with Crippen molar-refractivity contribution in [3.05, 3.63) is 28.2 Å². The van der Waals surface area contributed by atoms with Crippen molar-refractivity contribution in [1.29, 1.82) is 0 Å². The summed E-state index contributed by atoms with van der Waals surface area (Å²) in [7, 11) is 1.96. The van der Waals surface area contributed by atoms with Gasteiger partial charge in [0.1, 0.15) is 5.15 Å². The fourth-order valence-corrected chi connectivity index (χ4v) is 2.48. The average molecular weight is 227 g/mol. The molecule has 2 aromatic heterocycles. The Balaban J connectivity index is 2.32. The highest BCUT2D eigenvalue weighted by Crippen LogP contribution is 2.25. The average Bonchev–Trinajstić information content (AvgIpc) is 2.56. The maximum absolute atomic E-state index is 5.81. The van der Waals surface area contributed by atoms with Crippen LogP contribution in [0.5, 0.6) is 0 Å². The number of pyridine rings is 1. The van der Waals surface area contributed by atoms with Crippen molar-refractivity contribution in [3.8, 4) is 0 Å². The van der Waals surface area contributed by atoms with Gasteiger partial charge in [0.2, 0.25) is 0 Å². The van der Waals surface area contributed by atoms with Crippen LogP contribution in [0.2, 0.25) is 5.15 Å². The molecule has 0 atom stereocenters. The molecule has 0 saturated carbocycles. The summed E-state index contributed by atoms with van der Waals surface area (Å²) in [6.07, 6.45) is 1.05. The second-order valence-electron chi connectivity index (χ2n) is 3.08. The van der Waals surface area contributed by atoms with Gasteiger partial charge in [-0.15, -0.1) is 11.3 Å². The minimum atomic E-state index is 0.565. The normalized spacial score (nSPS) is 11.0. The SMILES string of the molecule is CNCCc1cc2nc(Cl)ccc2s1. The Kier molecular flexibility index (Phi) is 3.01. The first kappa shape index (κ1) is 9.90. The first-order valence-corrected chi connectivity index (χ1v) is 5.68. The summed E-state index contributed by atoms with van der Waals surface area (Å²) in [6, 6.07) is 5.98. The molecule has 14 heavy (non-hydrogen) atoms. The number of likely N-dealkylation sites (N-methyl/N-ethyl adjacent to an activating group) is 1. The molecule has 0 saturated heterocycles. The van der Waals surface area contributed by atoms with Crippen LogP contribution >= 0.6 is 22.9 Å². The molecule has 0 amide bonds. The molecule has 2 aromatic rings. The Morgan fingerprint density at radius 1 is 1.50 bits per heavy atom. The van der Waals surface area contributed by atoms with Gasteiger partial charge in [-0.3, -0.25) is 0 Å². The first-order valence-electron chi connectivity index (χ1n) is 4.49. The topological polar surface area (TPSA) is 24.9 Å². The van der Waals surface area contributed by atoms with Crippen LogP contribution in [0.4, 0.5) is 0 Å². The molecular weight excluding hydrogens is 216 g/mol. The number of thiophene rings is 1. The summed E-state index contributed by atoms with van der Waals surface area (Å²) in [5, 5.41) is 3.70. The molecule has 0 unspecified atom stereocenters. The predicted molar refractivity (Wildman–Crippen MR) is 62.3 cm³/mol. The van der Waals surface area contributed by atoms with Gasteiger partial charge in [-0.2, -0.15) is 0 Å². The van der Waals surface area contributed by atoms with Gasteiger partial charge < -0.3 is 5.32 Å². The standard InChI is InChI=1S/C10H11ClN2S/c1-12-5-4-7-6-8-9(14-7)2-3-10(11)13-8/h2-3,6,12H,4-5H2,1H3. The Labute approximate surface area is 91.9 Å². The molecule has 0 spiro atoms. The monoisotopic (exact) mass is 226 g/mol. The largest absolute Gasteiger partial charge is 0.319 e. The molecule has 1 N–H and O–H groups in total. The van der Waals surface area contributed by atoms with Crippen molar-refractivity contribution in [2.75, 3.05) is 13.6 Å². The van der Waals surface area contributed by atoms with E-state index in [9.17, 15) is 0 Å². The van der Waals surface area contributed by atoms with E-state index in [0.717, 1.165) is 18.5 Å². The number of fused-ring (bicyclic) bond motifs is 1. The minimum absolute atomic E-state index is 0.565. The van der Waals surface area contributed by atoms with Gasteiger partial charge in [0.25, 0.3) is 0 Å². The number of rotatable bonds is 3. The third kappa shape index (κ3) is 2.05. The van der Waals surface area contributed by atoms with Crippen LogP contribution in [0, 0.1) is 0 Å². The Bertz CT molecular complexity index is 439. The van der Waals surface area contributed by atoms with E-state index in [2.05, 4.69) is 16.4 Å². The van der Waals surface area contributed by atoms with E-state index in [1.165, 1.54) is 9.58 Å². The maximum atomic E-state index is 5.81. The van der Waals surface area contributed by atoms with Gasteiger partial charge in [-0.1, -0.05) is 11.6 Å². The Hall–Kier alpha value is -0.640. The quantitative estimate of drug-likeness (QED) is 0.815. The molecule has 74 valence electrons. The summed E-state index contributed by atoms with van der Waals surface area (Å²) >= 11 is 7.60. The number of hydrogen-bond donors (Lipinski definition) is 1. The smallest absolute Gasteiger partial charge is 0.129 e. The molecule has 4 heteroatoms. The molecule has 0 aliphatic carbocycles. The van der Waals surface area contributed by atoms with E-state index in [4.69, 9.17) is 11.6 Å². The van der Waals surface area contributed by atoms with E-state index < -0.39 is 0 Å². The van der Waals surface area contributed by atoms with Crippen molar-refractivity contribution >= 4 is 33.2 Å². The highest BCUT2D eigenvalue weighted by molar-refractivity contribution is 7.19. The summed E-state index contributed by atoms with van der Waals surface area (Å²) in [6.45, 7) is 1.00. The molecule has 0 radical (unpaired) electrons. The molecule has 0 aromatic carbocycles. The fourth-order valence-electron chi connectivity index (χ4n) is 1.32. The first-order chi connectivity index (χ1) is 6.79. The van der Waals surface area contributed by atoms with Crippen LogP contribution < -0.4 is 5.32 Å². The molecule has 0 aliphatic rings. The van der Waals surface area contributed by atoms with Crippen molar-refractivity contribution < 1.29 is 0 Å². The van der Waals surface area contributed by atoms with E-state index in [1.54, 1.807) is 11.3 Å². The summed E-state index contributed by atoms with van der Waals surface area (Å²) in [4.78, 5) is 5.61. The van der Waals surface area contributed by atoms with Gasteiger partial charge in [-0.25, -0.2) is 4.98 Å². The second kappa shape index (κ2) is 4.26. The lowest BCUT2D eigenvalue weighted by atomic mass is 10.3. The summed E-state index contributed by atoms with van der Waals surface area (Å²) < 4.78 is 1.21. The third-order valence-corrected chi connectivity index (χ3v) is 3.37. The Morgan fingerprint density at radius 2 is 2.36 bits per heavy atom. The highest BCUT2D eigenvalue weighted by Gasteiger charge is 2.02. The van der Waals surface area contributed by atoms with E-state index in [0.29, 0.717) is 5.15 Å². The van der Waals surface area contributed by atoms with Crippen molar-refractivity contribution in [1.82, 2.24) is 10.3 Å². The van der Waals surface area contributed by atoms with Gasteiger partial charge in [0.15, 0.2) is 0 Å². The lowest BCUT2D eigenvalue weighted by molar-refractivity contribution is 0.799. The molecule has 2 rings (SSSR count). The number of aromatic nitrogens is 1. The zero-order valence-electron chi connectivity index (χ0n) is 7.88. The Morgan fingerprint density at radius 3 is 3.14 bits per heavy atom. The van der Waals surface area contributed by atoms with Gasteiger partial charge in [-0.05, 0) is 38.2 Å². The lowest BCUT2D eigenvalue weighted by Crippen LogP contribution is -2.09. The third-order valence-electron chi connectivity index (χ3n) is 2.01. The van der Waals surface area contributed by atoms with E-state index in [1.807, 2.05) is 19.2 Å². The minimum Gasteiger partial charge on any atom is -0.319 e. The molecule has 0 fully saturated rings. The second-order valence-corrected chi connectivity index (χ2v) is 4.64. The van der Waals surface area contributed by atoms with Crippen LogP contribution in [-0.2, 0) is 6.42 Å². The number of nitrogens with one attached hydrogen (secondary N) is 1. The molecule has 2 nitrogen and oxygen atoms in total. The van der Waals surface area contributed by atoms with Crippen LogP contribution in [0.15, 0.2) is 18.2 Å². The predicted octanol–water partition coefficient (Wildman–Crippen LogP) is 2.71. The molecular formula is C10H11ClN2S. The number of nitrogens with zero attached hydrogens (tertiary/aromatic N) is 1. The summed E-state index contributed by atoms with van der Waals surface area (Å²) in [5.74, 6) is 0. The van der Waals surface area contributed by atoms with E-state index in [-0.39, 0.29) is 0 Å². The lowest BCUT2D eigenvalue weighted by Gasteiger charge is -1.93. The zero-order valence-corrected chi connectivity index (χ0v) is 9.45. The van der Waals surface area contributed by atoms with Gasteiger partial charge >= 0.3 is 0 Å². The van der Waals surface area contributed by atoms with Crippen LogP contribution in [-0.4, -0.2) is 18.6 Å². The van der Waals surface area contributed by atoms with Crippen molar-refractivity contribution in [2.45, 2.75) is 6.42 Å². The maximum Gasteiger partial charge on any atom is 0.129 e. The van der Waals surface area contributed by atoms with Crippen LogP contribution in [0.25, 0.3) is 10.2 Å². The van der Waals surface area contributed by atoms with E-state index >= 15 is 0 Å². The highest BCUT2D eigenvalue weighted by atomic mass is 35.5. The number of hydrogen-bond acceptors (Lipinski definition) is 3. The van der Waals surface area contributed by atoms with Gasteiger partial charge in [0.05, 0.1) is 10.2 Å².